The number of rotatable bonds is 6. The van der Waals surface area contributed by atoms with Crippen LogP contribution in [0, 0.1) is 0 Å². The van der Waals surface area contributed by atoms with Gasteiger partial charge in [-0.15, -0.1) is 0 Å². The molecule has 1 N–H and O–H groups in total. The van der Waals surface area contributed by atoms with Crippen LogP contribution in [0.3, 0.4) is 0 Å². The number of benzene rings is 1. The van der Waals surface area contributed by atoms with Crippen LogP contribution in [-0.4, -0.2) is 59.6 Å². The Hall–Kier alpha value is -2.77. The van der Waals surface area contributed by atoms with Gasteiger partial charge in [0, 0.05) is 25.9 Å². The molecule has 0 aliphatic carbocycles. The Morgan fingerprint density at radius 2 is 1.84 bits per heavy atom. The standard InChI is InChI=1S/C17H20N2O6/c1-24-13-7-10-6-12-16(22)18(5-3-4-15(20)21)17(23)19(12)9-11(10)8-14(13)25-2/h7-8,12H,3-6,9H2,1-2H3,(H,20,21). The van der Waals surface area contributed by atoms with Crippen molar-refractivity contribution >= 4 is 17.9 Å². The number of carbonyl (C=O) groups excluding carboxylic acids is 2. The van der Waals surface area contributed by atoms with Crippen LogP contribution in [0.25, 0.3) is 0 Å². The summed E-state index contributed by atoms with van der Waals surface area (Å²) in [6.45, 7) is 0.445. The fraction of sp³-hybridized carbons (Fsp3) is 0.471. The predicted octanol–water partition coefficient (Wildman–Crippen LogP) is 1.26. The van der Waals surface area contributed by atoms with Gasteiger partial charge in [-0.05, 0) is 29.7 Å². The van der Waals surface area contributed by atoms with Crippen molar-refractivity contribution in [1.29, 1.82) is 0 Å². The lowest BCUT2D eigenvalue weighted by atomic mass is 9.94. The Labute approximate surface area is 144 Å². The van der Waals surface area contributed by atoms with E-state index < -0.39 is 12.0 Å². The van der Waals surface area contributed by atoms with Gasteiger partial charge in [-0.3, -0.25) is 14.5 Å². The van der Waals surface area contributed by atoms with Gasteiger partial charge >= 0.3 is 12.0 Å². The first-order valence-electron chi connectivity index (χ1n) is 8.03. The number of carbonyl (C=O) groups is 3. The minimum absolute atomic E-state index is 0.0731. The van der Waals surface area contributed by atoms with Crippen LogP contribution in [-0.2, 0) is 22.6 Å². The average molecular weight is 348 g/mol. The van der Waals surface area contributed by atoms with Gasteiger partial charge in [-0.1, -0.05) is 0 Å². The van der Waals surface area contributed by atoms with Crippen molar-refractivity contribution in [1.82, 2.24) is 9.80 Å². The number of aliphatic carboxylic acids is 1. The number of amides is 3. The van der Waals surface area contributed by atoms with E-state index in [4.69, 9.17) is 14.6 Å². The van der Waals surface area contributed by atoms with Crippen LogP contribution >= 0.6 is 0 Å². The molecule has 8 heteroatoms. The molecule has 1 unspecified atom stereocenters. The highest BCUT2D eigenvalue weighted by Gasteiger charge is 2.47. The quantitative estimate of drug-likeness (QED) is 0.778. The van der Waals surface area contributed by atoms with Gasteiger partial charge in [0.2, 0.25) is 0 Å². The van der Waals surface area contributed by atoms with E-state index in [2.05, 4.69) is 0 Å². The molecule has 1 atom stereocenters. The fourth-order valence-electron chi connectivity index (χ4n) is 3.36. The molecule has 134 valence electrons. The third kappa shape index (κ3) is 2.99. The second-order valence-electron chi connectivity index (χ2n) is 6.09. The Morgan fingerprint density at radius 3 is 2.44 bits per heavy atom. The van der Waals surface area contributed by atoms with Gasteiger partial charge < -0.3 is 19.5 Å². The molecule has 0 aromatic heterocycles. The first kappa shape index (κ1) is 17.1. The molecule has 0 radical (unpaired) electrons. The molecule has 3 rings (SSSR count). The van der Waals surface area contributed by atoms with Gasteiger partial charge in [0.05, 0.1) is 14.2 Å². The largest absolute Gasteiger partial charge is 0.493 e. The molecule has 2 heterocycles. The number of hydrogen-bond acceptors (Lipinski definition) is 5. The van der Waals surface area contributed by atoms with Gasteiger partial charge in [0.25, 0.3) is 5.91 Å². The van der Waals surface area contributed by atoms with Crippen LogP contribution in [0.4, 0.5) is 4.79 Å². The summed E-state index contributed by atoms with van der Waals surface area (Å²) >= 11 is 0. The fourth-order valence-corrected chi connectivity index (χ4v) is 3.36. The van der Waals surface area contributed by atoms with Gasteiger partial charge in [0.15, 0.2) is 11.5 Å². The van der Waals surface area contributed by atoms with Crippen LogP contribution < -0.4 is 9.47 Å². The number of hydrogen-bond donors (Lipinski definition) is 1. The molecule has 0 saturated carbocycles. The van der Waals surface area contributed by atoms with Gasteiger partial charge in [0.1, 0.15) is 6.04 Å². The van der Waals surface area contributed by atoms with E-state index >= 15 is 0 Å². The molecule has 1 aromatic rings. The number of methoxy groups -OCH3 is 2. The number of fused-ring (bicyclic) bond motifs is 2. The van der Waals surface area contributed by atoms with E-state index in [0.29, 0.717) is 24.5 Å². The maximum atomic E-state index is 12.6. The summed E-state index contributed by atoms with van der Waals surface area (Å²) in [6.07, 6.45) is 0.591. The zero-order chi connectivity index (χ0) is 18.1. The first-order chi connectivity index (χ1) is 12.0. The summed E-state index contributed by atoms with van der Waals surface area (Å²) in [7, 11) is 3.10. The number of carboxylic acids is 1. The monoisotopic (exact) mass is 348 g/mol. The normalized spacial score (nSPS) is 18.9. The zero-order valence-electron chi connectivity index (χ0n) is 14.2. The van der Waals surface area contributed by atoms with Crippen molar-refractivity contribution in [2.75, 3.05) is 20.8 Å². The molecular weight excluding hydrogens is 328 g/mol. The van der Waals surface area contributed by atoms with Crippen molar-refractivity contribution < 1.29 is 29.0 Å². The number of urea groups is 1. The van der Waals surface area contributed by atoms with Crippen molar-refractivity contribution in [2.24, 2.45) is 0 Å². The molecule has 2 aliphatic rings. The Bertz CT molecular complexity index is 681. The molecular formula is C17H20N2O6. The lowest BCUT2D eigenvalue weighted by Crippen LogP contribution is -2.40. The number of carboxylic acid groups (broad SMARTS) is 1. The van der Waals surface area contributed by atoms with Gasteiger partial charge in [-0.2, -0.15) is 0 Å². The van der Waals surface area contributed by atoms with E-state index in [0.717, 1.165) is 16.0 Å². The molecule has 1 saturated heterocycles. The molecule has 0 spiro atoms. The first-order valence-corrected chi connectivity index (χ1v) is 8.03. The second-order valence-corrected chi connectivity index (χ2v) is 6.09. The average Bonchev–Trinajstić information content (AvgIpc) is 2.82. The highest BCUT2D eigenvalue weighted by atomic mass is 16.5. The summed E-state index contributed by atoms with van der Waals surface area (Å²) in [6, 6.07) is 2.77. The van der Waals surface area contributed by atoms with Crippen molar-refractivity contribution in [3.63, 3.8) is 0 Å². The van der Waals surface area contributed by atoms with E-state index in [1.807, 2.05) is 12.1 Å². The van der Waals surface area contributed by atoms with Crippen LogP contribution in [0.2, 0.25) is 0 Å². The highest BCUT2D eigenvalue weighted by molar-refractivity contribution is 6.04. The maximum absolute atomic E-state index is 12.6. The number of ether oxygens (including phenoxy) is 2. The lowest BCUT2D eigenvalue weighted by Gasteiger charge is -2.29. The Balaban J connectivity index is 1.81. The SMILES string of the molecule is COc1cc2c(cc1OC)CN1C(=O)N(CCCC(=O)O)C(=O)C1C2. The Morgan fingerprint density at radius 1 is 1.20 bits per heavy atom. The summed E-state index contributed by atoms with van der Waals surface area (Å²) < 4.78 is 10.6. The zero-order valence-corrected chi connectivity index (χ0v) is 14.2. The molecule has 8 nitrogen and oxygen atoms in total. The van der Waals surface area contributed by atoms with Gasteiger partial charge in [-0.25, -0.2) is 4.79 Å². The summed E-state index contributed by atoms with van der Waals surface area (Å²) in [5.74, 6) is -0.0417. The predicted molar refractivity (Wildman–Crippen MR) is 86.6 cm³/mol. The molecule has 25 heavy (non-hydrogen) atoms. The number of nitrogens with zero attached hydrogens (tertiary/aromatic N) is 2. The maximum Gasteiger partial charge on any atom is 0.327 e. The van der Waals surface area contributed by atoms with E-state index in [1.54, 1.807) is 14.2 Å². The third-order valence-electron chi connectivity index (χ3n) is 4.64. The minimum Gasteiger partial charge on any atom is -0.493 e. The van der Waals surface area contributed by atoms with E-state index in [1.165, 1.54) is 4.90 Å². The Kier molecular flexibility index (Phi) is 4.52. The molecule has 1 fully saturated rings. The number of imide groups is 1. The third-order valence-corrected chi connectivity index (χ3v) is 4.64. The van der Waals surface area contributed by atoms with Crippen molar-refractivity contribution in [3.05, 3.63) is 23.3 Å². The van der Waals surface area contributed by atoms with Crippen molar-refractivity contribution in [2.45, 2.75) is 31.8 Å². The smallest absolute Gasteiger partial charge is 0.327 e. The van der Waals surface area contributed by atoms with E-state index in [9.17, 15) is 14.4 Å². The summed E-state index contributed by atoms with van der Waals surface area (Å²) in [5.41, 5.74) is 1.87. The molecule has 3 amide bonds. The molecule has 0 bridgehead atoms. The summed E-state index contributed by atoms with van der Waals surface area (Å²) in [4.78, 5) is 38.4. The molecule has 1 aromatic carbocycles. The highest BCUT2D eigenvalue weighted by Crippen LogP contribution is 2.37. The molecule has 2 aliphatic heterocycles. The van der Waals surface area contributed by atoms with Crippen LogP contribution in [0.1, 0.15) is 24.0 Å². The van der Waals surface area contributed by atoms with Crippen molar-refractivity contribution in [3.8, 4) is 11.5 Å². The summed E-state index contributed by atoms with van der Waals surface area (Å²) in [5, 5.41) is 8.72. The minimum atomic E-state index is -0.941. The van der Waals surface area contributed by atoms with E-state index in [-0.39, 0.29) is 31.3 Å². The second kappa shape index (κ2) is 6.62. The van der Waals surface area contributed by atoms with Crippen LogP contribution in [0.5, 0.6) is 11.5 Å². The van der Waals surface area contributed by atoms with Crippen LogP contribution in [0.15, 0.2) is 12.1 Å². The lowest BCUT2D eigenvalue weighted by molar-refractivity contribution is -0.137. The topological polar surface area (TPSA) is 96.4 Å².